The maximum atomic E-state index is 13.3. The predicted molar refractivity (Wildman–Crippen MR) is 134 cm³/mol. The molecule has 184 valence electrons. The van der Waals surface area contributed by atoms with Gasteiger partial charge in [-0.05, 0) is 29.3 Å². The van der Waals surface area contributed by atoms with E-state index in [1.807, 2.05) is 30.3 Å². The van der Waals surface area contributed by atoms with Crippen LogP contribution in [0.5, 0.6) is 17.2 Å². The predicted octanol–water partition coefficient (Wildman–Crippen LogP) is 3.29. The zero-order chi connectivity index (χ0) is 25.4. The summed E-state index contributed by atoms with van der Waals surface area (Å²) in [6.45, 7) is -0.0561. The lowest BCUT2D eigenvalue weighted by Crippen LogP contribution is -2.39. The summed E-state index contributed by atoms with van der Waals surface area (Å²) in [5.74, 6) is 5.54. The first-order valence-electron chi connectivity index (χ1n) is 10.6. The number of hydrogen-bond acceptors (Lipinski definition) is 7. The van der Waals surface area contributed by atoms with Crippen molar-refractivity contribution in [3.05, 3.63) is 82.4 Å². The topological polar surface area (TPSA) is 124 Å². The molecule has 0 saturated carbocycles. The van der Waals surface area contributed by atoms with Crippen LogP contribution in [-0.4, -0.2) is 39.7 Å². The molecule has 3 rings (SSSR count). The maximum Gasteiger partial charge on any atom is 0.259 e. The molecule has 0 bridgehead atoms. The molecule has 0 unspecified atom stereocenters. The third-order valence-electron chi connectivity index (χ3n) is 5.28. The van der Waals surface area contributed by atoms with E-state index in [0.717, 1.165) is 5.56 Å². The van der Waals surface area contributed by atoms with Crippen LogP contribution < -0.4 is 36.1 Å². The number of halogens is 1. The van der Waals surface area contributed by atoms with Gasteiger partial charge < -0.3 is 19.5 Å². The molecule has 0 aliphatic rings. The molecule has 5 N–H and O–H groups in total. The molecular formula is C25H27ClN4O5. The van der Waals surface area contributed by atoms with Gasteiger partial charge in [-0.1, -0.05) is 41.9 Å². The Bertz CT molecular complexity index is 1190. The van der Waals surface area contributed by atoms with Crippen LogP contribution in [0.1, 0.15) is 27.5 Å². The van der Waals surface area contributed by atoms with Gasteiger partial charge >= 0.3 is 0 Å². The summed E-state index contributed by atoms with van der Waals surface area (Å²) in [5.41, 5.74) is 4.36. The number of hydrazine groups is 1. The summed E-state index contributed by atoms with van der Waals surface area (Å²) in [5, 5.41) is 6.57. The van der Waals surface area contributed by atoms with Gasteiger partial charge in [0.05, 0.1) is 39.5 Å². The summed E-state index contributed by atoms with van der Waals surface area (Å²) in [6.07, 6.45) is 0. The molecule has 2 amide bonds. The molecule has 0 radical (unpaired) electrons. The summed E-state index contributed by atoms with van der Waals surface area (Å²) in [6, 6.07) is 17.2. The van der Waals surface area contributed by atoms with Crippen LogP contribution in [0, 0.1) is 0 Å². The fourth-order valence-corrected chi connectivity index (χ4v) is 3.76. The number of nitrogens with two attached hydrogens (primary N) is 1. The molecular weight excluding hydrogens is 472 g/mol. The van der Waals surface area contributed by atoms with Crippen molar-refractivity contribution < 1.29 is 23.8 Å². The average Bonchev–Trinajstić information content (AvgIpc) is 2.89. The van der Waals surface area contributed by atoms with Gasteiger partial charge in [-0.3, -0.25) is 20.3 Å². The van der Waals surface area contributed by atoms with Crippen molar-refractivity contribution in [1.82, 2.24) is 10.7 Å². The van der Waals surface area contributed by atoms with Crippen molar-refractivity contribution in [3.63, 3.8) is 0 Å². The van der Waals surface area contributed by atoms with Crippen LogP contribution >= 0.6 is 11.6 Å². The number of methoxy groups -OCH3 is 3. The second kappa shape index (κ2) is 12.1. The zero-order valence-electron chi connectivity index (χ0n) is 19.6. The van der Waals surface area contributed by atoms with E-state index < -0.39 is 17.9 Å². The molecule has 9 nitrogen and oxygen atoms in total. The van der Waals surface area contributed by atoms with Crippen LogP contribution in [0.2, 0.25) is 5.02 Å². The molecule has 1 atom stereocenters. The van der Waals surface area contributed by atoms with Gasteiger partial charge in [0.1, 0.15) is 5.75 Å². The lowest BCUT2D eigenvalue weighted by atomic mass is 9.96. The Morgan fingerprint density at radius 2 is 1.57 bits per heavy atom. The number of nitrogens with one attached hydrogen (secondary N) is 3. The highest BCUT2D eigenvalue weighted by Crippen LogP contribution is 2.36. The first kappa shape index (κ1) is 25.8. The Balaban J connectivity index is 2.03. The van der Waals surface area contributed by atoms with Crippen LogP contribution in [0.25, 0.3) is 0 Å². The van der Waals surface area contributed by atoms with Gasteiger partial charge in [0, 0.05) is 22.8 Å². The number of ether oxygens (including phenoxy) is 3. The van der Waals surface area contributed by atoms with Crippen molar-refractivity contribution >= 4 is 29.1 Å². The Labute approximate surface area is 208 Å². The molecule has 0 aliphatic carbocycles. The van der Waals surface area contributed by atoms with E-state index in [9.17, 15) is 9.59 Å². The van der Waals surface area contributed by atoms with Crippen LogP contribution in [0.15, 0.2) is 60.7 Å². The van der Waals surface area contributed by atoms with E-state index in [1.165, 1.54) is 21.3 Å². The molecule has 0 aromatic heterocycles. The summed E-state index contributed by atoms with van der Waals surface area (Å²) in [4.78, 5) is 25.2. The van der Waals surface area contributed by atoms with Gasteiger partial charge in [-0.2, -0.15) is 0 Å². The number of anilines is 1. The van der Waals surface area contributed by atoms with Crippen molar-refractivity contribution in [3.8, 4) is 17.2 Å². The largest absolute Gasteiger partial charge is 0.496 e. The molecule has 0 heterocycles. The van der Waals surface area contributed by atoms with Gasteiger partial charge in [0.25, 0.3) is 5.91 Å². The maximum absolute atomic E-state index is 13.3. The standard InChI is InChI=1S/C25H27ClN4O5/c1-33-20-13-22(35-3)21(34-2)12-18(20)25(32)29-19-10-9-16(26)11-17(19)24(28-14-23(31)30-27)15-7-5-4-6-8-15/h4-13,24,28H,14,27H2,1-3H3,(H,29,32)(H,30,31)/t24-/m1/s1. The van der Waals surface area contributed by atoms with Gasteiger partial charge in [0.2, 0.25) is 5.91 Å². The third-order valence-corrected chi connectivity index (χ3v) is 5.52. The molecule has 10 heteroatoms. The number of hydrogen-bond donors (Lipinski definition) is 4. The monoisotopic (exact) mass is 498 g/mol. The van der Waals surface area contributed by atoms with Gasteiger partial charge in [-0.15, -0.1) is 0 Å². The second-order valence-corrected chi connectivity index (χ2v) is 7.82. The minimum atomic E-state index is -0.477. The molecule has 3 aromatic carbocycles. The molecule has 0 fully saturated rings. The SMILES string of the molecule is COc1cc(OC)c(C(=O)Nc2ccc(Cl)cc2[C@H](NCC(=O)NN)c2ccccc2)cc1OC. The number of carbonyl (C=O) groups is 2. The normalized spacial score (nSPS) is 11.3. The fraction of sp³-hybridized carbons (Fsp3) is 0.200. The van der Waals surface area contributed by atoms with Crippen LogP contribution in [0.3, 0.4) is 0 Å². The number of benzene rings is 3. The highest BCUT2D eigenvalue weighted by Gasteiger charge is 2.23. The number of rotatable bonds is 10. The molecule has 0 saturated heterocycles. The highest BCUT2D eigenvalue weighted by atomic mass is 35.5. The summed E-state index contributed by atoms with van der Waals surface area (Å²) >= 11 is 6.32. The van der Waals surface area contributed by atoms with Crippen molar-refractivity contribution in [1.29, 1.82) is 0 Å². The molecule has 3 aromatic rings. The molecule has 0 spiro atoms. The molecule has 0 aliphatic heterocycles. The minimum Gasteiger partial charge on any atom is -0.496 e. The van der Waals surface area contributed by atoms with Crippen LogP contribution in [-0.2, 0) is 4.79 Å². The summed E-state index contributed by atoms with van der Waals surface area (Å²) < 4.78 is 16.0. The van der Waals surface area contributed by atoms with Crippen molar-refractivity contribution in [2.24, 2.45) is 5.84 Å². The Morgan fingerprint density at radius 1 is 0.914 bits per heavy atom. The number of amides is 2. The minimum absolute atomic E-state index is 0.0561. The highest BCUT2D eigenvalue weighted by molar-refractivity contribution is 6.30. The van der Waals surface area contributed by atoms with Gasteiger partial charge in [-0.25, -0.2) is 5.84 Å². The smallest absolute Gasteiger partial charge is 0.259 e. The van der Waals surface area contributed by atoms with Gasteiger partial charge in [0.15, 0.2) is 11.5 Å². The lowest BCUT2D eigenvalue weighted by molar-refractivity contribution is -0.120. The van der Waals surface area contributed by atoms with E-state index in [2.05, 4.69) is 16.1 Å². The Morgan fingerprint density at radius 3 is 2.20 bits per heavy atom. The summed E-state index contributed by atoms with van der Waals surface area (Å²) in [7, 11) is 4.44. The van der Waals surface area contributed by atoms with E-state index in [1.54, 1.807) is 30.3 Å². The third kappa shape index (κ3) is 6.21. The van der Waals surface area contributed by atoms with Crippen LogP contribution in [0.4, 0.5) is 5.69 Å². The van der Waals surface area contributed by atoms with Crippen molar-refractivity contribution in [2.45, 2.75) is 6.04 Å². The second-order valence-electron chi connectivity index (χ2n) is 7.39. The number of carbonyl (C=O) groups excluding carboxylic acids is 2. The molecule has 35 heavy (non-hydrogen) atoms. The average molecular weight is 499 g/mol. The first-order valence-corrected chi connectivity index (χ1v) is 11.0. The van der Waals surface area contributed by atoms with Crippen molar-refractivity contribution in [2.75, 3.05) is 33.2 Å². The fourth-order valence-electron chi connectivity index (χ4n) is 3.58. The Hall–Kier alpha value is -3.79. The lowest BCUT2D eigenvalue weighted by Gasteiger charge is -2.23. The van der Waals surface area contributed by atoms with E-state index in [4.69, 9.17) is 31.7 Å². The zero-order valence-corrected chi connectivity index (χ0v) is 20.3. The Kier molecular flexibility index (Phi) is 8.91. The van der Waals surface area contributed by atoms with E-state index >= 15 is 0 Å². The first-order chi connectivity index (χ1) is 16.9. The van der Waals surface area contributed by atoms with E-state index in [0.29, 0.717) is 33.5 Å². The van der Waals surface area contributed by atoms with E-state index in [-0.39, 0.29) is 12.1 Å². The quantitative estimate of drug-likeness (QED) is 0.192.